The summed E-state index contributed by atoms with van der Waals surface area (Å²) < 4.78 is 3.78. The third-order valence-corrected chi connectivity index (χ3v) is 5.60. The van der Waals surface area contributed by atoms with Gasteiger partial charge < -0.3 is 5.32 Å². The van der Waals surface area contributed by atoms with Gasteiger partial charge in [0.2, 0.25) is 5.91 Å². The maximum atomic E-state index is 13.4. The summed E-state index contributed by atoms with van der Waals surface area (Å²) >= 11 is 2.45. The molecule has 1 atom stereocenters. The molecule has 0 saturated heterocycles. The van der Waals surface area contributed by atoms with Gasteiger partial charge in [-0.25, -0.2) is 0 Å². The lowest BCUT2D eigenvalue weighted by Gasteiger charge is -2.32. The molecule has 2 amide bonds. The van der Waals surface area contributed by atoms with Crippen LogP contribution in [0.2, 0.25) is 0 Å². The Hall–Kier alpha value is -2.91. The van der Waals surface area contributed by atoms with Crippen LogP contribution in [0.15, 0.2) is 47.2 Å². The highest BCUT2D eigenvalue weighted by molar-refractivity contribution is 7.10. The van der Waals surface area contributed by atoms with Crippen molar-refractivity contribution >= 4 is 46.2 Å². The second-order valence-corrected chi connectivity index (χ2v) is 9.31. The van der Waals surface area contributed by atoms with E-state index < -0.39 is 17.5 Å². The highest BCUT2D eigenvalue weighted by Gasteiger charge is 2.36. The van der Waals surface area contributed by atoms with E-state index in [1.54, 1.807) is 29.6 Å². The molecule has 0 bridgehead atoms. The van der Waals surface area contributed by atoms with E-state index in [2.05, 4.69) is 14.9 Å². The Morgan fingerprint density at radius 1 is 1.10 bits per heavy atom. The quantitative estimate of drug-likeness (QED) is 0.580. The van der Waals surface area contributed by atoms with Gasteiger partial charge in [0.25, 0.3) is 5.91 Å². The molecule has 0 fully saturated rings. The molecule has 1 aromatic carbocycles. The summed E-state index contributed by atoms with van der Waals surface area (Å²) in [5.41, 5.74) is 0.677. The maximum absolute atomic E-state index is 13.4. The van der Waals surface area contributed by atoms with Crippen LogP contribution < -0.4 is 10.2 Å². The van der Waals surface area contributed by atoms with Crippen molar-refractivity contribution in [2.75, 3.05) is 4.90 Å². The first kappa shape index (κ1) is 21.8. The number of carbonyl (C=O) groups is 3. The van der Waals surface area contributed by atoms with Gasteiger partial charge in [-0.05, 0) is 74.9 Å². The minimum atomic E-state index is -0.901. The number of hydrogen-bond donors (Lipinski definition) is 1. The summed E-state index contributed by atoms with van der Waals surface area (Å²) in [5.74, 6) is -0.831. The average molecular weight is 443 g/mol. The van der Waals surface area contributed by atoms with E-state index in [9.17, 15) is 14.4 Å². The van der Waals surface area contributed by atoms with E-state index >= 15 is 0 Å². The molecule has 3 aromatic rings. The van der Waals surface area contributed by atoms with Crippen molar-refractivity contribution in [2.24, 2.45) is 0 Å². The molecule has 2 heterocycles. The molecule has 0 aliphatic carbocycles. The summed E-state index contributed by atoms with van der Waals surface area (Å²) in [6.07, 6.45) is 0. The van der Waals surface area contributed by atoms with Crippen LogP contribution >= 0.6 is 22.9 Å². The second kappa shape index (κ2) is 8.85. The molecule has 1 N–H and O–H groups in total. The summed E-state index contributed by atoms with van der Waals surface area (Å²) in [4.78, 5) is 40.6. The third-order valence-electron chi connectivity index (χ3n) is 4.17. The molecule has 0 aliphatic heterocycles. The number of nitrogens with zero attached hydrogens (tertiary/aromatic N) is 3. The van der Waals surface area contributed by atoms with Crippen LogP contribution in [-0.4, -0.2) is 32.7 Å². The molecule has 9 heteroatoms. The molecule has 156 valence electrons. The summed E-state index contributed by atoms with van der Waals surface area (Å²) in [7, 11) is 0. The Kier molecular flexibility index (Phi) is 6.42. The van der Waals surface area contributed by atoms with Gasteiger partial charge in [-0.15, -0.1) is 16.4 Å². The molecule has 0 saturated carbocycles. The third kappa shape index (κ3) is 4.98. The molecule has 0 aliphatic rings. The van der Waals surface area contributed by atoms with Gasteiger partial charge in [0, 0.05) is 27.0 Å². The van der Waals surface area contributed by atoms with E-state index in [-0.39, 0.29) is 17.4 Å². The molecule has 0 radical (unpaired) electrons. The number of amides is 2. The van der Waals surface area contributed by atoms with Crippen molar-refractivity contribution < 1.29 is 14.4 Å². The van der Waals surface area contributed by atoms with Crippen molar-refractivity contribution in [3.05, 3.63) is 63.3 Å². The predicted octanol–water partition coefficient (Wildman–Crippen LogP) is 4.11. The molecular formula is C21H22N4O3S2. The van der Waals surface area contributed by atoms with Gasteiger partial charge in [0.15, 0.2) is 17.5 Å². The number of thiophene rings is 1. The van der Waals surface area contributed by atoms with E-state index in [0.717, 1.165) is 11.5 Å². The monoisotopic (exact) mass is 442 g/mol. The van der Waals surface area contributed by atoms with Crippen molar-refractivity contribution in [1.29, 1.82) is 0 Å². The van der Waals surface area contributed by atoms with E-state index in [1.807, 2.05) is 38.3 Å². The van der Waals surface area contributed by atoms with Crippen LogP contribution in [0, 0.1) is 0 Å². The first-order valence-electron chi connectivity index (χ1n) is 9.24. The second-order valence-electron chi connectivity index (χ2n) is 7.73. The van der Waals surface area contributed by atoms with E-state index in [1.165, 1.54) is 23.2 Å². The standard InChI is InChI=1S/C21H22N4O3S2/c1-13(26)14-7-9-15(10-8-14)25(20(28)16-12-30-24-23-16)18(17-6-5-11-29-17)19(27)22-21(2,3)4/h5-12,18H,1-4H3,(H,22,27)/t18-/m1/s1. The minimum Gasteiger partial charge on any atom is -0.349 e. The largest absolute Gasteiger partial charge is 0.349 e. The fourth-order valence-corrected chi connectivity index (χ4v) is 4.12. The maximum Gasteiger partial charge on any atom is 0.280 e. The normalized spacial score (nSPS) is 12.3. The number of rotatable bonds is 6. The Morgan fingerprint density at radius 2 is 1.80 bits per heavy atom. The molecule has 3 rings (SSSR count). The predicted molar refractivity (Wildman–Crippen MR) is 118 cm³/mol. The van der Waals surface area contributed by atoms with Crippen LogP contribution in [0.25, 0.3) is 0 Å². The number of ketones is 1. The van der Waals surface area contributed by atoms with Gasteiger partial charge in [-0.3, -0.25) is 19.3 Å². The fourth-order valence-electron chi connectivity index (χ4n) is 2.88. The number of benzene rings is 1. The molecule has 2 aromatic heterocycles. The Labute approximate surface area is 182 Å². The lowest BCUT2D eigenvalue weighted by molar-refractivity contribution is -0.123. The fraction of sp³-hybridized carbons (Fsp3) is 0.286. The molecule has 0 spiro atoms. The topological polar surface area (TPSA) is 92.3 Å². The number of Topliss-reactive ketones (excluding diaryl/α,β-unsaturated/α-hetero) is 1. The zero-order valence-electron chi connectivity index (χ0n) is 17.1. The summed E-state index contributed by atoms with van der Waals surface area (Å²) in [6, 6.07) is 9.37. The van der Waals surface area contributed by atoms with Gasteiger partial charge in [0.1, 0.15) is 0 Å². The van der Waals surface area contributed by atoms with Crippen LogP contribution in [0.5, 0.6) is 0 Å². The van der Waals surface area contributed by atoms with Gasteiger partial charge in [-0.1, -0.05) is 10.6 Å². The zero-order chi connectivity index (χ0) is 21.9. The number of anilines is 1. The number of hydrogen-bond acceptors (Lipinski definition) is 7. The van der Waals surface area contributed by atoms with Gasteiger partial charge >= 0.3 is 0 Å². The summed E-state index contributed by atoms with van der Waals surface area (Å²) in [5, 5.41) is 10.3. The first-order valence-corrected chi connectivity index (χ1v) is 11.0. The van der Waals surface area contributed by atoms with Crippen molar-refractivity contribution in [2.45, 2.75) is 39.3 Å². The summed E-state index contributed by atoms with van der Waals surface area (Å²) in [6.45, 7) is 7.13. The minimum absolute atomic E-state index is 0.0802. The average Bonchev–Trinajstić information content (AvgIpc) is 3.38. The Balaban J connectivity index is 2.12. The van der Waals surface area contributed by atoms with Gasteiger partial charge in [-0.2, -0.15) is 0 Å². The SMILES string of the molecule is CC(=O)c1ccc(N(C(=O)c2csnn2)[C@@H](C(=O)NC(C)(C)C)c2cccs2)cc1. The van der Waals surface area contributed by atoms with Crippen molar-refractivity contribution in [1.82, 2.24) is 14.9 Å². The van der Waals surface area contributed by atoms with Gasteiger partial charge in [0.05, 0.1) is 0 Å². The molecule has 7 nitrogen and oxygen atoms in total. The Bertz CT molecular complexity index is 1020. The molecule has 30 heavy (non-hydrogen) atoms. The van der Waals surface area contributed by atoms with Crippen LogP contribution in [0.3, 0.4) is 0 Å². The Morgan fingerprint density at radius 3 is 2.30 bits per heavy atom. The van der Waals surface area contributed by atoms with Crippen LogP contribution in [-0.2, 0) is 4.79 Å². The number of nitrogens with one attached hydrogen (secondary N) is 1. The molecule has 0 unspecified atom stereocenters. The molecular weight excluding hydrogens is 420 g/mol. The van der Waals surface area contributed by atoms with Crippen LogP contribution in [0.1, 0.15) is 59.5 Å². The van der Waals surface area contributed by atoms with E-state index in [0.29, 0.717) is 16.1 Å². The lowest BCUT2D eigenvalue weighted by atomic mass is 10.0. The smallest absolute Gasteiger partial charge is 0.280 e. The van der Waals surface area contributed by atoms with Crippen LogP contribution in [0.4, 0.5) is 5.69 Å². The lowest BCUT2D eigenvalue weighted by Crippen LogP contribution is -2.49. The number of aromatic nitrogens is 2. The first-order chi connectivity index (χ1) is 14.2. The van der Waals surface area contributed by atoms with Crippen molar-refractivity contribution in [3.63, 3.8) is 0 Å². The highest BCUT2D eigenvalue weighted by atomic mass is 32.1. The zero-order valence-corrected chi connectivity index (χ0v) is 18.7. The van der Waals surface area contributed by atoms with Crippen molar-refractivity contribution in [3.8, 4) is 0 Å². The highest BCUT2D eigenvalue weighted by Crippen LogP contribution is 2.32. The van der Waals surface area contributed by atoms with E-state index in [4.69, 9.17) is 0 Å². The number of carbonyl (C=O) groups excluding carboxylic acids is 3.